The quantitative estimate of drug-likeness (QED) is 0.746. The molecule has 2 heteroatoms. The minimum Gasteiger partial charge on any atom is -0.255 e. The fourth-order valence-electron chi connectivity index (χ4n) is 1.47. The van der Waals surface area contributed by atoms with Crippen molar-refractivity contribution in [1.82, 2.24) is 4.98 Å². The van der Waals surface area contributed by atoms with E-state index < -0.39 is 0 Å². The van der Waals surface area contributed by atoms with Gasteiger partial charge in [-0.15, -0.1) is 11.3 Å². The van der Waals surface area contributed by atoms with E-state index in [1.165, 1.54) is 16.2 Å². The summed E-state index contributed by atoms with van der Waals surface area (Å²) in [5.74, 6) is 0.660. The highest BCUT2D eigenvalue weighted by Crippen LogP contribution is 2.32. The summed E-state index contributed by atoms with van der Waals surface area (Å²) in [6, 6.07) is 10.4. The van der Waals surface area contributed by atoms with Crippen LogP contribution in [0.4, 0.5) is 0 Å². The molecule has 0 saturated heterocycles. The minimum atomic E-state index is 0.660. The van der Waals surface area contributed by atoms with Crippen molar-refractivity contribution in [2.24, 2.45) is 0 Å². The summed E-state index contributed by atoms with van der Waals surface area (Å²) in [6.07, 6.45) is 3.04. The number of nitrogens with zero attached hydrogens (tertiary/aromatic N) is 1. The molecule has 2 heterocycles. The van der Waals surface area contributed by atoms with Crippen molar-refractivity contribution < 1.29 is 0 Å². The summed E-state index contributed by atoms with van der Waals surface area (Å²) in [4.78, 5) is 7.08. The molecular weight excluding hydrogens is 202 g/mol. The molecule has 0 saturated carbocycles. The maximum Gasteiger partial charge on any atom is 0.0801 e. The smallest absolute Gasteiger partial charge is 0.0801 e. The zero-order chi connectivity index (χ0) is 10.7. The van der Waals surface area contributed by atoms with Gasteiger partial charge in [0, 0.05) is 11.1 Å². The van der Waals surface area contributed by atoms with Crippen LogP contribution in [0.15, 0.2) is 36.5 Å². The van der Waals surface area contributed by atoms with Crippen molar-refractivity contribution in [1.29, 1.82) is 0 Å². The second kappa shape index (κ2) is 4.58. The normalized spacial score (nSPS) is 12.7. The van der Waals surface area contributed by atoms with Gasteiger partial charge in [-0.1, -0.05) is 19.9 Å². The van der Waals surface area contributed by atoms with Crippen molar-refractivity contribution >= 4 is 11.3 Å². The van der Waals surface area contributed by atoms with Gasteiger partial charge in [0.15, 0.2) is 0 Å². The van der Waals surface area contributed by atoms with Crippen LogP contribution < -0.4 is 0 Å². The van der Waals surface area contributed by atoms with Crippen LogP contribution in [-0.2, 0) is 0 Å². The van der Waals surface area contributed by atoms with Gasteiger partial charge in [-0.2, -0.15) is 0 Å². The summed E-state index contributed by atoms with van der Waals surface area (Å²) < 4.78 is 0. The summed E-state index contributed by atoms with van der Waals surface area (Å²) in [5, 5.41) is 0. The van der Waals surface area contributed by atoms with Crippen LogP contribution in [-0.4, -0.2) is 4.98 Å². The molecule has 0 bridgehead atoms. The van der Waals surface area contributed by atoms with E-state index in [2.05, 4.69) is 37.0 Å². The van der Waals surface area contributed by atoms with E-state index in [4.69, 9.17) is 0 Å². The highest BCUT2D eigenvalue weighted by molar-refractivity contribution is 7.15. The van der Waals surface area contributed by atoms with Crippen LogP contribution in [0.1, 0.15) is 31.1 Å². The van der Waals surface area contributed by atoms with E-state index in [0.29, 0.717) is 5.92 Å². The largest absolute Gasteiger partial charge is 0.255 e. The fraction of sp³-hybridized carbons (Fsp3) is 0.308. The molecule has 0 aliphatic rings. The van der Waals surface area contributed by atoms with Crippen LogP contribution in [0.5, 0.6) is 0 Å². The van der Waals surface area contributed by atoms with E-state index in [0.717, 1.165) is 5.69 Å². The Balaban J connectivity index is 2.28. The predicted octanol–water partition coefficient (Wildman–Crippen LogP) is 4.32. The summed E-state index contributed by atoms with van der Waals surface area (Å²) in [7, 11) is 0. The van der Waals surface area contributed by atoms with Crippen LogP contribution in [0.25, 0.3) is 10.6 Å². The Kier molecular flexibility index (Phi) is 3.17. The number of pyridine rings is 1. The zero-order valence-electron chi connectivity index (χ0n) is 9.10. The van der Waals surface area contributed by atoms with Crippen molar-refractivity contribution in [2.75, 3.05) is 0 Å². The molecule has 2 rings (SSSR count). The number of hydrogen-bond acceptors (Lipinski definition) is 2. The predicted molar refractivity (Wildman–Crippen MR) is 66.3 cm³/mol. The number of rotatable bonds is 3. The van der Waals surface area contributed by atoms with Gasteiger partial charge in [0.1, 0.15) is 0 Å². The van der Waals surface area contributed by atoms with Crippen molar-refractivity contribution in [3.63, 3.8) is 0 Å². The van der Waals surface area contributed by atoms with Crippen LogP contribution in [0.2, 0.25) is 0 Å². The van der Waals surface area contributed by atoms with Gasteiger partial charge in [0.25, 0.3) is 0 Å². The van der Waals surface area contributed by atoms with E-state index in [1.807, 2.05) is 29.7 Å². The molecule has 0 N–H and O–H groups in total. The first kappa shape index (κ1) is 10.4. The Morgan fingerprint density at radius 1 is 1.27 bits per heavy atom. The lowest BCUT2D eigenvalue weighted by molar-refractivity contribution is 0.748. The summed E-state index contributed by atoms with van der Waals surface area (Å²) in [5.41, 5.74) is 1.08. The highest BCUT2D eigenvalue weighted by atomic mass is 32.1. The average Bonchev–Trinajstić information content (AvgIpc) is 2.78. The second-order valence-corrected chi connectivity index (χ2v) is 4.84. The Bertz CT molecular complexity index is 419. The van der Waals surface area contributed by atoms with E-state index in [9.17, 15) is 0 Å². The standard InChI is InChI=1S/C13H15NS/c1-3-10(2)12-7-8-13(15-12)11-6-4-5-9-14-11/h4-10H,3H2,1-2H3. The molecule has 78 valence electrons. The Morgan fingerprint density at radius 3 is 2.80 bits per heavy atom. The second-order valence-electron chi connectivity index (χ2n) is 3.73. The molecule has 0 aliphatic carbocycles. The van der Waals surface area contributed by atoms with E-state index in [-0.39, 0.29) is 0 Å². The van der Waals surface area contributed by atoms with Gasteiger partial charge in [0.2, 0.25) is 0 Å². The van der Waals surface area contributed by atoms with Crippen molar-refractivity contribution in [3.05, 3.63) is 41.4 Å². The van der Waals surface area contributed by atoms with Crippen LogP contribution in [0, 0.1) is 0 Å². The molecule has 1 unspecified atom stereocenters. The molecule has 0 aliphatic heterocycles. The molecule has 15 heavy (non-hydrogen) atoms. The number of hydrogen-bond donors (Lipinski definition) is 0. The third kappa shape index (κ3) is 2.26. The summed E-state index contributed by atoms with van der Waals surface area (Å²) >= 11 is 1.86. The molecule has 2 aromatic rings. The monoisotopic (exact) mass is 217 g/mol. The maximum atomic E-state index is 4.36. The number of aromatic nitrogens is 1. The first-order chi connectivity index (χ1) is 7.31. The molecular formula is C13H15NS. The van der Waals surface area contributed by atoms with E-state index >= 15 is 0 Å². The third-order valence-corrected chi connectivity index (χ3v) is 3.98. The molecule has 0 amide bonds. The SMILES string of the molecule is CCC(C)c1ccc(-c2ccccn2)s1. The van der Waals surface area contributed by atoms with Gasteiger partial charge < -0.3 is 0 Å². The Hall–Kier alpha value is -1.15. The van der Waals surface area contributed by atoms with Gasteiger partial charge in [-0.3, -0.25) is 4.98 Å². The first-order valence-corrected chi connectivity index (χ1v) is 6.14. The van der Waals surface area contributed by atoms with Gasteiger partial charge in [0.05, 0.1) is 10.6 Å². The highest BCUT2D eigenvalue weighted by Gasteiger charge is 2.07. The summed E-state index contributed by atoms with van der Waals surface area (Å²) in [6.45, 7) is 4.50. The lowest BCUT2D eigenvalue weighted by Gasteiger charge is -2.03. The Labute approximate surface area is 94.8 Å². The van der Waals surface area contributed by atoms with Gasteiger partial charge >= 0.3 is 0 Å². The lowest BCUT2D eigenvalue weighted by atomic mass is 10.1. The minimum absolute atomic E-state index is 0.660. The molecule has 2 aromatic heterocycles. The molecule has 0 spiro atoms. The van der Waals surface area contributed by atoms with Crippen molar-refractivity contribution in [3.8, 4) is 10.6 Å². The molecule has 0 fully saturated rings. The first-order valence-electron chi connectivity index (χ1n) is 5.32. The molecule has 1 atom stereocenters. The van der Waals surface area contributed by atoms with Crippen LogP contribution >= 0.6 is 11.3 Å². The number of thiophene rings is 1. The van der Waals surface area contributed by atoms with Crippen molar-refractivity contribution in [2.45, 2.75) is 26.2 Å². The van der Waals surface area contributed by atoms with E-state index in [1.54, 1.807) is 0 Å². The molecule has 0 aromatic carbocycles. The van der Waals surface area contributed by atoms with Crippen LogP contribution in [0.3, 0.4) is 0 Å². The average molecular weight is 217 g/mol. The topological polar surface area (TPSA) is 12.9 Å². The fourth-order valence-corrected chi connectivity index (χ4v) is 2.58. The zero-order valence-corrected chi connectivity index (χ0v) is 9.92. The lowest BCUT2D eigenvalue weighted by Crippen LogP contribution is -1.84. The van der Waals surface area contributed by atoms with Gasteiger partial charge in [-0.05, 0) is 36.6 Å². The maximum absolute atomic E-state index is 4.36. The molecule has 0 radical (unpaired) electrons. The third-order valence-electron chi connectivity index (χ3n) is 2.64. The Morgan fingerprint density at radius 2 is 2.13 bits per heavy atom. The molecule has 1 nitrogen and oxygen atoms in total. The van der Waals surface area contributed by atoms with Gasteiger partial charge in [-0.25, -0.2) is 0 Å².